The van der Waals surface area contributed by atoms with Gasteiger partial charge in [0.25, 0.3) is 0 Å². The predicted molar refractivity (Wildman–Crippen MR) is 97.7 cm³/mol. The lowest BCUT2D eigenvalue weighted by atomic mass is 10.1. The summed E-state index contributed by atoms with van der Waals surface area (Å²) in [6.07, 6.45) is 3.34. The summed E-state index contributed by atoms with van der Waals surface area (Å²) in [4.78, 5) is 19.9. The van der Waals surface area contributed by atoms with E-state index in [1.54, 1.807) is 0 Å². The molecule has 1 amide bonds. The molecule has 7 heteroatoms. The minimum atomic E-state index is 0. The molecule has 23 heavy (non-hydrogen) atoms. The number of aromatic nitrogens is 2. The summed E-state index contributed by atoms with van der Waals surface area (Å²) >= 11 is 0. The molecule has 1 saturated heterocycles. The zero-order valence-corrected chi connectivity index (χ0v) is 14.9. The SMILES string of the molecule is Cc1cccc2[nH]c(CCC(=O)NC3CCCNC3)nc12.Cl.Cl. The van der Waals surface area contributed by atoms with Crippen LogP contribution in [0.5, 0.6) is 0 Å². The fourth-order valence-corrected chi connectivity index (χ4v) is 2.85. The average molecular weight is 359 g/mol. The third kappa shape index (κ3) is 5.09. The maximum atomic E-state index is 12.0. The number of carbonyl (C=O) groups is 1. The molecule has 1 aromatic carbocycles. The number of benzene rings is 1. The van der Waals surface area contributed by atoms with E-state index in [0.717, 1.165) is 48.4 Å². The van der Waals surface area contributed by atoms with Crippen LogP contribution in [0, 0.1) is 6.92 Å². The summed E-state index contributed by atoms with van der Waals surface area (Å²) in [7, 11) is 0. The molecule has 0 saturated carbocycles. The molecule has 3 N–H and O–H groups in total. The summed E-state index contributed by atoms with van der Waals surface area (Å²) in [6, 6.07) is 6.37. The molecule has 1 atom stereocenters. The van der Waals surface area contributed by atoms with Crippen molar-refractivity contribution >= 4 is 41.8 Å². The zero-order chi connectivity index (χ0) is 14.7. The van der Waals surface area contributed by atoms with Crippen LogP contribution in [0.3, 0.4) is 0 Å². The highest BCUT2D eigenvalue weighted by atomic mass is 35.5. The van der Waals surface area contributed by atoms with E-state index in [1.807, 2.05) is 12.1 Å². The molecule has 0 bridgehead atoms. The molecule has 1 aliphatic rings. The number of H-pyrrole nitrogens is 1. The minimum absolute atomic E-state index is 0. The number of imidazole rings is 1. The van der Waals surface area contributed by atoms with E-state index < -0.39 is 0 Å². The maximum absolute atomic E-state index is 12.0. The Hall–Kier alpha value is -1.30. The van der Waals surface area contributed by atoms with Crippen LogP contribution in [-0.2, 0) is 11.2 Å². The van der Waals surface area contributed by atoms with Gasteiger partial charge in [-0.25, -0.2) is 4.98 Å². The largest absolute Gasteiger partial charge is 0.352 e. The van der Waals surface area contributed by atoms with E-state index in [9.17, 15) is 4.79 Å². The van der Waals surface area contributed by atoms with Crippen LogP contribution in [0.15, 0.2) is 18.2 Å². The highest BCUT2D eigenvalue weighted by molar-refractivity contribution is 5.85. The third-order valence-electron chi connectivity index (χ3n) is 4.01. The first kappa shape index (κ1) is 19.7. The van der Waals surface area contributed by atoms with Crippen molar-refractivity contribution in [1.82, 2.24) is 20.6 Å². The Bertz CT molecular complexity index is 638. The standard InChI is InChI=1S/C16H22N4O.2ClH/c1-11-4-2-6-13-16(11)20-14(19-13)7-8-15(21)18-12-5-3-9-17-10-12;;/h2,4,6,12,17H,3,5,7-10H2,1H3,(H,18,21)(H,19,20);2*1H. The summed E-state index contributed by atoms with van der Waals surface area (Å²) in [5, 5.41) is 6.40. The summed E-state index contributed by atoms with van der Waals surface area (Å²) in [6.45, 7) is 4.00. The lowest BCUT2D eigenvalue weighted by Gasteiger charge is -2.23. The lowest BCUT2D eigenvalue weighted by Crippen LogP contribution is -2.45. The van der Waals surface area contributed by atoms with Gasteiger partial charge in [-0.2, -0.15) is 0 Å². The van der Waals surface area contributed by atoms with E-state index in [-0.39, 0.29) is 36.8 Å². The maximum Gasteiger partial charge on any atom is 0.220 e. The van der Waals surface area contributed by atoms with Crippen molar-refractivity contribution in [2.75, 3.05) is 13.1 Å². The number of hydrogen-bond donors (Lipinski definition) is 3. The van der Waals surface area contributed by atoms with E-state index >= 15 is 0 Å². The van der Waals surface area contributed by atoms with Crippen LogP contribution in [0.1, 0.15) is 30.7 Å². The molecule has 1 aliphatic heterocycles. The first-order valence-corrected chi connectivity index (χ1v) is 7.66. The minimum Gasteiger partial charge on any atom is -0.352 e. The molecule has 3 rings (SSSR count). The number of nitrogens with one attached hydrogen (secondary N) is 3. The van der Waals surface area contributed by atoms with Gasteiger partial charge in [0.1, 0.15) is 5.82 Å². The van der Waals surface area contributed by atoms with Gasteiger partial charge in [0.15, 0.2) is 0 Å². The number of carbonyl (C=O) groups excluding carboxylic acids is 1. The highest BCUT2D eigenvalue weighted by Crippen LogP contribution is 2.16. The smallest absolute Gasteiger partial charge is 0.220 e. The van der Waals surface area contributed by atoms with Gasteiger partial charge in [-0.3, -0.25) is 4.79 Å². The Kier molecular flexibility index (Phi) is 7.82. The van der Waals surface area contributed by atoms with Gasteiger partial charge >= 0.3 is 0 Å². The molecule has 0 spiro atoms. The Labute approximate surface area is 148 Å². The topological polar surface area (TPSA) is 69.8 Å². The van der Waals surface area contributed by atoms with Crippen molar-refractivity contribution in [2.45, 2.75) is 38.6 Å². The third-order valence-corrected chi connectivity index (χ3v) is 4.01. The van der Waals surface area contributed by atoms with Crippen molar-refractivity contribution < 1.29 is 4.79 Å². The number of hydrogen-bond acceptors (Lipinski definition) is 3. The van der Waals surface area contributed by atoms with Crippen LogP contribution < -0.4 is 10.6 Å². The van der Waals surface area contributed by atoms with Crippen molar-refractivity contribution in [3.8, 4) is 0 Å². The van der Waals surface area contributed by atoms with Crippen LogP contribution in [-0.4, -0.2) is 35.0 Å². The molecular formula is C16H24Cl2N4O. The Morgan fingerprint density at radius 2 is 2.22 bits per heavy atom. The molecule has 2 heterocycles. The monoisotopic (exact) mass is 358 g/mol. The fraction of sp³-hybridized carbons (Fsp3) is 0.500. The molecule has 1 fully saturated rings. The molecule has 5 nitrogen and oxygen atoms in total. The molecule has 128 valence electrons. The number of nitrogens with zero attached hydrogens (tertiary/aromatic N) is 1. The second-order valence-electron chi connectivity index (χ2n) is 5.77. The van der Waals surface area contributed by atoms with E-state index in [1.165, 1.54) is 0 Å². The Morgan fingerprint density at radius 3 is 2.91 bits per heavy atom. The van der Waals surface area contributed by atoms with Crippen molar-refractivity contribution in [3.05, 3.63) is 29.6 Å². The van der Waals surface area contributed by atoms with Crippen LogP contribution >= 0.6 is 24.8 Å². The first-order chi connectivity index (χ1) is 10.2. The molecular weight excluding hydrogens is 335 g/mol. The molecule has 1 aromatic heterocycles. The first-order valence-electron chi connectivity index (χ1n) is 7.66. The van der Waals surface area contributed by atoms with Gasteiger partial charge in [-0.15, -0.1) is 24.8 Å². The number of para-hydroxylation sites is 1. The second-order valence-corrected chi connectivity index (χ2v) is 5.77. The van der Waals surface area contributed by atoms with E-state index in [4.69, 9.17) is 0 Å². The van der Waals surface area contributed by atoms with Gasteiger partial charge in [0.2, 0.25) is 5.91 Å². The van der Waals surface area contributed by atoms with E-state index in [2.05, 4.69) is 33.6 Å². The quantitative estimate of drug-likeness (QED) is 0.786. The molecule has 2 aromatic rings. The van der Waals surface area contributed by atoms with Gasteiger partial charge in [-0.1, -0.05) is 12.1 Å². The molecule has 1 unspecified atom stereocenters. The van der Waals surface area contributed by atoms with Crippen LogP contribution in [0.4, 0.5) is 0 Å². The molecule has 0 radical (unpaired) electrons. The van der Waals surface area contributed by atoms with Gasteiger partial charge in [0.05, 0.1) is 11.0 Å². The summed E-state index contributed by atoms with van der Waals surface area (Å²) < 4.78 is 0. The van der Waals surface area contributed by atoms with Crippen LogP contribution in [0.25, 0.3) is 11.0 Å². The molecule has 0 aliphatic carbocycles. The number of fused-ring (bicyclic) bond motifs is 1. The van der Waals surface area contributed by atoms with Crippen molar-refractivity contribution in [3.63, 3.8) is 0 Å². The number of rotatable bonds is 4. The summed E-state index contributed by atoms with van der Waals surface area (Å²) in [5.41, 5.74) is 3.21. The summed E-state index contributed by atoms with van der Waals surface area (Å²) in [5.74, 6) is 0.997. The second kappa shape index (κ2) is 9.11. The van der Waals surface area contributed by atoms with Gasteiger partial charge in [-0.05, 0) is 37.9 Å². The number of halogens is 2. The average Bonchev–Trinajstić information content (AvgIpc) is 2.91. The van der Waals surface area contributed by atoms with Crippen molar-refractivity contribution in [1.29, 1.82) is 0 Å². The van der Waals surface area contributed by atoms with Gasteiger partial charge < -0.3 is 15.6 Å². The van der Waals surface area contributed by atoms with Gasteiger partial charge in [0, 0.05) is 25.4 Å². The Balaban J connectivity index is 0.00000132. The Morgan fingerprint density at radius 1 is 1.39 bits per heavy atom. The highest BCUT2D eigenvalue weighted by Gasteiger charge is 2.15. The number of aryl methyl sites for hydroxylation is 2. The fourth-order valence-electron chi connectivity index (χ4n) is 2.85. The number of piperidine rings is 1. The zero-order valence-electron chi connectivity index (χ0n) is 13.2. The predicted octanol–water partition coefficient (Wildman–Crippen LogP) is 2.52. The van der Waals surface area contributed by atoms with E-state index in [0.29, 0.717) is 12.8 Å². The normalized spacial score (nSPS) is 17.2. The van der Waals surface area contributed by atoms with Crippen molar-refractivity contribution in [2.24, 2.45) is 0 Å². The lowest BCUT2D eigenvalue weighted by molar-refractivity contribution is -0.121. The van der Waals surface area contributed by atoms with Crippen LogP contribution in [0.2, 0.25) is 0 Å². The number of amides is 1. The number of aromatic amines is 1.